The van der Waals surface area contributed by atoms with Crippen molar-refractivity contribution >= 4 is 15.9 Å². The lowest BCUT2D eigenvalue weighted by molar-refractivity contribution is -0.137. The molecule has 0 aliphatic carbocycles. The Morgan fingerprint density at radius 3 is 2.39 bits per heavy atom. The average molecular weight is 551 g/mol. The Hall–Kier alpha value is -3.96. The van der Waals surface area contributed by atoms with Crippen molar-refractivity contribution in [1.82, 2.24) is 19.6 Å². The van der Waals surface area contributed by atoms with Gasteiger partial charge in [-0.3, -0.25) is 14.8 Å². The van der Waals surface area contributed by atoms with E-state index in [1.165, 1.54) is 6.07 Å². The standard InChI is InChI=1S/C24H18F5N5O3S/c25-17-2-4-18(5-3-17)38(36,37)34-8-7-19(26)22(34)23(35)33-11-14-9-21(31-12-15(14)10-30)20-6-1-16(13-32-20)24(27,28)29/h1-6,9,12-13,19,22H,7-8,11H2,(H,33,35)/t19-,22-/m0/s1. The molecule has 38 heavy (non-hydrogen) atoms. The summed E-state index contributed by atoms with van der Waals surface area (Å²) in [5, 5.41) is 11.8. The number of nitriles is 1. The number of amides is 1. The summed E-state index contributed by atoms with van der Waals surface area (Å²) in [5.41, 5.74) is -0.535. The van der Waals surface area contributed by atoms with E-state index in [2.05, 4.69) is 15.3 Å². The van der Waals surface area contributed by atoms with Crippen molar-refractivity contribution in [3.05, 3.63) is 77.4 Å². The average Bonchev–Trinajstić information content (AvgIpc) is 3.29. The van der Waals surface area contributed by atoms with Crippen LogP contribution in [0.2, 0.25) is 0 Å². The second-order valence-corrected chi connectivity index (χ2v) is 10.2. The van der Waals surface area contributed by atoms with E-state index >= 15 is 0 Å². The molecule has 198 valence electrons. The first kappa shape index (κ1) is 27.1. The minimum absolute atomic E-state index is 0.0278. The van der Waals surface area contributed by atoms with E-state index < -0.39 is 45.7 Å². The van der Waals surface area contributed by atoms with Gasteiger partial charge in [0.15, 0.2) is 0 Å². The first-order chi connectivity index (χ1) is 17.9. The van der Waals surface area contributed by atoms with E-state index in [0.717, 1.165) is 42.6 Å². The summed E-state index contributed by atoms with van der Waals surface area (Å²) < 4.78 is 93.1. The molecule has 1 fully saturated rings. The van der Waals surface area contributed by atoms with Crippen LogP contribution >= 0.6 is 0 Å². The Kier molecular flexibility index (Phi) is 7.43. The molecule has 1 aliphatic rings. The Balaban J connectivity index is 1.54. The maximum absolute atomic E-state index is 14.7. The lowest BCUT2D eigenvalue weighted by atomic mass is 10.1. The number of hydrogen-bond donors (Lipinski definition) is 1. The van der Waals surface area contributed by atoms with E-state index in [1.54, 1.807) is 0 Å². The smallest absolute Gasteiger partial charge is 0.350 e. The largest absolute Gasteiger partial charge is 0.417 e. The zero-order valence-corrected chi connectivity index (χ0v) is 20.1. The lowest BCUT2D eigenvalue weighted by Gasteiger charge is -2.24. The first-order valence-corrected chi connectivity index (χ1v) is 12.5. The molecule has 0 unspecified atom stereocenters. The molecule has 0 saturated carbocycles. The van der Waals surface area contributed by atoms with Gasteiger partial charge in [0.1, 0.15) is 24.1 Å². The van der Waals surface area contributed by atoms with Gasteiger partial charge in [-0.2, -0.15) is 22.7 Å². The van der Waals surface area contributed by atoms with E-state index in [0.29, 0.717) is 10.5 Å². The fraction of sp³-hybridized carbons (Fsp3) is 0.250. The molecule has 1 N–H and O–H groups in total. The van der Waals surface area contributed by atoms with E-state index in [-0.39, 0.29) is 46.9 Å². The maximum atomic E-state index is 14.7. The summed E-state index contributed by atoms with van der Waals surface area (Å²) in [6.07, 6.45) is -4.85. The van der Waals surface area contributed by atoms with Gasteiger partial charge in [-0.25, -0.2) is 17.2 Å². The number of benzene rings is 1. The van der Waals surface area contributed by atoms with Crippen molar-refractivity contribution in [2.45, 2.75) is 36.3 Å². The van der Waals surface area contributed by atoms with Crippen LogP contribution in [0.4, 0.5) is 22.0 Å². The number of carbonyl (C=O) groups is 1. The highest BCUT2D eigenvalue weighted by molar-refractivity contribution is 7.89. The van der Waals surface area contributed by atoms with Crippen LogP contribution in [0.25, 0.3) is 11.4 Å². The predicted molar refractivity (Wildman–Crippen MR) is 123 cm³/mol. The molecule has 1 aromatic carbocycles. The van der Waals surface area contributed by atoms with Crippen LogP contribution in [0.5, 0.6) is 0 Å². The first-order valence-electron chi connectivity index (χ1n) is 11.0. The number of halogens is 5. The van der Waals surface area contributed by atoms with Gasteiger partial charge in [-0.05, 0) is 54.4 Å². The van der Waals surface area contributed by atoms with Gasteiger partial charge >= 0.3 is 6.18 Å². The SMILES string of the molecule is N#Cc1cnc(-c2ccc(C(F)(F)F)cn2)cc1CNC(=O)[C@@H]1[C@@H](F)CCN1S(=O)(=O)c1ccc(F)cc1. The van der Waals surface area contributed by atoms with Gasteiger partial charge in [0.2, 0.25) is 15.9 Å². The van der Waals surface area contributed by atoms with Crippen molar-refractivity contribution < 1.29 is 35.2 Å². The van der Waals surface area contributed by atoms with Gasteiger partial charge in [0, 0.05) is 25.5 Å². The Morgan fingerprint density at radius 1 is 1.11 bits per heavy atom. The minimum atomic E-state index is -4.58. The van der Waals surface area contributed by atoms with E-state index in [9.17, 15) is 40.4 Å². The second kappa shape index (κ2) is 10.4. The number of aromatic nitrogens is 2. The number of hydrogen-bond acceptors (Lipinski definition) is 6. The van der Waals surface area contributed by atoms with E-state index in [1.807, 2.05) is 6.07 Å². The predicted octanol–water partition coefficient (Wildman–Crippen LogP) is 3.59. The molecule has 14 heteroatoms. The molecule has 2 atom stereocenters. The highest BCUT2D eigenvalue weighted by Gasteiger charge is 2.46. The third-order valence-corrected chi connectivity index (χ3v) is 7.78. The van der Waals surface area contributed by atoms with Crippen LogP contribution in [0.3, 0.4) is 0 Å². The highest BCUT2D eigenvalue weighted by atomic mass is 32.2. The minimum Gasteiger partial charge on any atom is -0.350 e. The van der Waals surface area contributed by atoms with Crippen LogP contribution in [0.15, 0.2) is 59.8 Å². The van der Waals surface area contributed by atoms with Gasteiger partial charge in [-0.1, -0.05) is 0 Å². The maximum Gasteiger partial charge on any atom is 0.417 e. The third kappa shape index (κ3) is 5.48. The molecule has 0 spiro atoms. The topological polar surface area (TPSA) is 116 Å². The van der Waals surface area contributed by atoms with Crippen LogP contribution < -0.4 is 5.32 Å². The molecule has 0 radical (unpaired) electrons. The molecule has 3 heterocycles. The monoisotopic (exact) mass is 551 g/mol. The molecule has 4 rings (SSSR count). The number of rotatable bonds is 6. The highest BCUT2D eigenvalue weighted by Crippen LogP contribution is 2.30. The van der Waals surface area contributed by atoms with Crippen LogP contribution in [0, 0.1) is 17.1 Å². The Morgan fingerprint density at radius 2 is 1.79 bits per heavy atom. The van der Waals surface area contributed by atoms with Crippen molar-refractivity contribution in [3.63, 3.8) is 0 Å². The fourth-order valence-corrected chi connectivity index (χ4v) is 5.54. The molecule has 1 aliphatic heterocycles. The Labute approximate surface area is 213 Å². The lowest BCUT2D eigenvalue weighted by Crippen LogP contribution is -2.49. The molecule has 3 aromatic rings. The number of alkyl halides is 4. The van der Waals surface area contributed by atoms with Crippen LogP contribution in [-0.2, 0) is 27.5 Å². The van der Waals surface area contributed by atoms with Gasteiger partial charge in [0.25, 0.3) is 0 Å². The molecular formula is C24H18F5N5O3S. The zero-order chi connectivity index (χ0) is 27.7. The second-order valence-electron chi connectivity index (χ2n) is 8.31. The molecule has 1 saturated heterocycles. The molecule has 8 nitrogen and oxygen atoms in total. The summed E-state index contributed by atoms with van der Waals surface area (Å²) in [7, 11) is -4.32. The van der Waals surface area contributed by atoms with Crippen molar-refractivity contribution in [1.29, 1.82) is 5.26 Å². The van der Waals surface area contributed by atoms with Crippen molar-refractivity contribution in [2.24, 2.45) is 0 Å². The summed E-state index contributed by atoms with van der Waals surface area (Å²) in [6, 6.07) is 7.32. The summed E-state index contributed by atoms with van der Waals surface area (Å²) in [4.78, 5) is 20.4. The molecule has 1 amide bonds. The normalized spacial score (nSPS) is 18.2. The molecular weight excluding hydrogens is 533 g/mol. The number of nitrogens with one attached hydrogen (secondary N) is 1. The quantitative estimate of drug-likeness (QED) is 0.468. The number of nitrogens with zero attached hydrogens (tertiary/aromatic N) is 4. The van der Waals surface area contributed by atoms with Crippen molar-refractivity contribution in [3.8, 4) is 17.5 Å². The fourth-order valence-electron chi connectivity index (χ4n) is 3.92. The summed E-state index contributed by atoms with van der Waals surface area (Å²) in [5.74, 6) is -1.63. The Bertz CT molecular complexity index is 1490. The summed E-state index contributed by atoms with van der Waals surface area (Å²) in [6.45, 7) is -0.604. The van der Waals surface area contributed by atoms with E-state index in [4.69, 9.17) is 0 Å². The third-order valence-electron chi connectivity index (χ3n) is 5.88. The van der Waals surface area contributed by atoms with Gasteiger partial charge < -0.3 is 5.32 Å². The van der Waals surface area contributed by atoms with Crippen LogP contribution in [0.1, 0.15) is 23.1 Å². The molecule has 0 bridgehead atoms. The van der Waals surface area contributed by atoms with Crippen molar-refractivity contribution in [2.75, 3.05) is 6.54 Å². The molecule has 2 aromatic heterocycles. The van der Waals surface area contributed by atoms with Gasteiger partial charge in [-0.15, -0.1) is 0 Å². The number of sulfonamides is 1. The van der Waals surface area contributed by atoms with Gasteiger partial charge in [0.05, 0.1) is 27.4 Å². The number of pyridine rings is 2. The zero-order valence-electron chi connectivity index (χ0n) is 19.3. The van der Waals surface area contributed by atoms with Crippen LogP contribution in [-0.4, -0.2) is 47.4 Å². The summed E-state index contributed by atoms with van der Waals surface area (Å²) >= 11 is 0. The number of carbonyl (C=O) groups excluding carboxylic acids is 1.